The molecule has 0 fully saturated rings. The van der Waals surface area contributed by atoms with Crippen molar-refractivity contribution in [3.05, 3.63) is 63.9 Å². The van der Waals surface area contributed by atoms with E-state index in [0.717, 1.165) is 33.3 Å². The number of furan rings is 1. The summed E-state index contributed by atoms with van der Waals surface area (Å²) in [6.45, 7) is 6.00. The van der Waals surface area contributed by atoms with Gasteiger partial charge in [0, 0.05) is 21.7 Å². The molecule has 4 heteroatoms. The van der Waals surface area contributed by atoms with Gasteiger partial charge < -0.3 is 9.73 Å². The Kier molecular flexibility index (Phi) is 4.14. The second-order valence-electron chi connectivity index (χ2n) is 5.88. The molecule has 0 saturated heterocycles. The average Bonchev–Trinajstić information content (AvgIpc) is 2.86. The minimum Gasteiger partial charge on any atom is -0.464 e. The average molecular weight is 328 g/mol. The monoisotopic (exact) mass is 327 g/mol. The highest BCUT2D eigenvalue weighted by atomic mass is 35.5. The molecule has 0 aliphatic carbocycles. The van der Waals surface area contributed by atoms with Crippen molar-refractivity contribution in [2.75, 3.05) is 5.32 Å². The van der Waals surface area contributed by atoms with Gasteiger partial charge in [-0.05, 0) is 61.7 Å². The van der Waals surface area contributed by atoms with Gasteiger partial charge in [-0.3, -0.25) is 4.79 Å². The van der Waals surface area contributed by atoms with Crippen molar-refractivity contribution in [3.8, 4) is 0 Å². The number of amides is 1. The molecule has 23 heavy (non-hydrogen) atoms. The Labute approximate surface area is 140 Å². The van der Waals surface area contributed by atoms with Crippen molar-refractivity contribution in [2.24, 2.45) is 0 Å². The van der Waals surface area contributed by atoms with Crippen LogP contribution in [0.4, 0.5) is 5.69 Å². The van der Waals surface area contributed by atoms with Gasteiger partial charge in [0.25, 0.3) is 0 Å². The Morgan fingerprint density at radius 3 is 2.61 bits per heavy atom. The summed E-state index contributed by atoms with van der Waals surface area (Å²) in [5.74, 6) is -0.0762. The number of carbonyl (C=O) groups is 1. The van der Waals surface area contributed by atoms with Gasteiger partial charge >= 0.3 is 0 Å². The second-order valence-corrected chi connectivity index (χ2v) is 6.29. The molecule has 0 spiro atoms. The number of halogens is 1. The van der Waals surface area contributed by atoms with Crippen LogP contribution < -0.4 is 5.32 Å². The van der Waals surface area contributed by atoms with Gasteiger partial charge in [-0.1, -0.05) is 17.7 Å². The van der Waals surface area contributed by atoms with Crippen LogP contribution in [0.1, 0.15) is 22.3 Å². The Morgan fingerprint density at radius 2 is 1.87 bits per heavy atom. The highest BCUT2D eigenvalue weighted by Crippen LogP contribution is 2.28. The molecule has 0 atom stereocenters. The number of rotatable bonds is 3. The van der Waals surface area contributed by atoms with Crippen molar-refractivity contribution >= 4 is 34.2 Å². The highest BCUT2D eigenvalue weighted by Gasteiger charge is 2.12. The van der Waals surface area contributed by atoms with E-state index < -0.39 is 0 Å². The van der Waals surface area contributed by atoms with Crippen LogP contribution >= 0.6 is 11.6 Å². The molecule has 3 nitrogen and oxygen atoms in total. The summed E-state index contributed by atoms with van der Waals surface area (Å²) in [6, 6.07) is 9.63. The van der Waals surface area contributed by atoms with E-state index in [1.807, 2.05) is 51.1 Å². The summed E-state index contributed by atoms with van der Waals surface area (Å²) in [5, 5.41) is 4.49. The minimum absolute atomic E-state index is 0.0762. The number of nitrogens with one attached hydrogen (secondary N) is 1. The third kappa shape index (κ3) is 3.25. The van der Waals surface area contributed by atoms with E-state index >= 15 is 0 Å². The first-order valence-electron chi connectivity index (χ1n) is 7.47. The number of anilines is 1. The lowest BCUT2D eigenvalue weighted by Gasteiger charge is -2.07. The minimum atomic E-state index is -0.0762. The largest absolute Gasteiger partial charge is 0.464 e. The smallest absolute Gasteiger partial charge is 0.228 e. The van der Waals surface area contributed by atoms with Gasteiger partial charge in [-0.2, -0.15) is 0 Å². The number of aryl methyl sites for hydroxylation is 3. The maximum atomic E-state index is 12.3. The fourth-order valence-electron chi connectivity index (χ4n) is 2.54. The van der Waals surface area contributed by atoms with Gasteiger partial charge in [0.2, 0.25) is 5.91 Å². The van der Waals surface area contributed by atoms with Gasteiger partial charge in [0.1, 0.15) is 5.58 Å². The molecule has 0 unspecified atom stereocenters. The number of carbonyl (C=O) groups excluding carboxylic acids is 1. The van der Waals surface area contributed by atoms with E-state index in [9.17, 15) is 4.79 Å². The standard InChI is InChI=1S/C19H18ClNO2/c1-11-4-5-15(6-12(11)2)21-19(22)8-14-10-23-18-7-13(3)17(20)9-16(14)18/h4-7,9-10H,8H2,1-3H3,(H,21,22). The SMILES string of the molecule is Cc1ccc(NC(=O)Cc2coc3cc(C)c(Cl)cc23)cc1C. The summed E-state index contributed by atoms with van der Waals surface area (Å²) in [7, 11) is 0. The van der Waals surface area contributed by atoms with E-state index in [4.69, 9.17) is 16.0 Å². The van der Waals surface area contributed by atoms with E-state index in [2.05, 4.69) is 5.32 Å². The highest BCUT2D eigenvalue weighted by molar-refractivity contribution is 6.32. The van der Waals surface area contributed by atoms with Crippen molar-refractivity contribution in [2.45, 2.75) is 27.2 Å². The summed E-state index contributed by atoms with van der Waals surface area (Å²) >= 11 is 6.17. The quantitative estimate of drug-likeness (QED) is 0.719. The van der Waals surface area contributed by atoms with Crippen molar-refractivity contribution < 1.29 is 9.21 Å². The van der Waals surface area contributed by atoms with Crippen LogP contribution in [-0.2, 0) is 11.2 Å². The predicted molar refractivity (Wildman–Crippen MR) is 94.2 cm³/mol. The van der Waals surface area contributed by atoms with Crippen LogP contribution in [0.15, 0.2) is 41.0 Å². The number of fused-ring (bicyclic) bond motifs is 1. The Hall–Kier alpha value is -2.26. The molecule has 118 valence electrons. The van der Waals surface area contributed by atoms with Crippen LogP contribution in [0, 0.1) is 20.8 Å². The zero-order chi connectivity index (χ0) is 16.6. The molecule has 0 aliphatic heterocycles. The first-order valence-corrected chi connectivity index (χ1v) is 7.85. The molecule has 3 aromatic rings. The van der Waals surface area contributed by atoms with Gasteiger partial charge in [-0.15, -0.1) is 0 Å². The first-order chi connectivity index (χ1) is 10.9. The molecule has 3 rings (SSSR count). The van der Waals surface area contributed by atoms with E-state index in [1.54, 1.807) is 6.26 Å². The Morgan fingerprint density at radius 1 is 1.09 bits per heavy atom. The summed E-state index contributed by atoms with van der Waals surface area (Å²) < 4.78 is 5.53. The third-order valence-electron chi connectivity index (χ3n) is 4.08. The molecule has 0 radical (unpaired) electrons. The van der Waals surface area contributed by atoms with E-state index in [0.29, 0.717) is 5.02 Å². The van der Waals surface area contributed by atoms with Crippen molar-refractivity contribution in [1.82, 2.24) is 0 Å². The number of benzene rings is 2. The normalized spacial score (nSPS) is 11.0. The van der Waals surface area contributed by atoms with Crippen LogP contribution in [0.3, 0.4) is 0 Å². The zero-order valence-electron chi connectivity index (χ0n) is 13.4. The Bertz CT molecular complexity index is 896. The molecule has 1 heterocycles. The third-order valence-corrected chi connectivity index (χ3v) is 4.48. The van der Waals surface area contributed by atoms with Gasteiger partial charge in [-0.25, -0.2) is 0 Å². The van der Waals surface area contributed by atoms with Crippen molar-refractivity contribution in [1.29, 1.82) is 0 Å². The lowest BCUT2D eigenvalue weighted by Crippen LogP contribution is -2.14. The topological polar surface area (TPSA) is 42.2 Å². The molecule has 2 aromatic carbocycles. The maximum absolute atomic E-state index is 12.3. The molecule has 0 bridgehead atoms. The van der Waals surface area contributed by atoms with Crippen LogP contribution in [0.25, 0.3) is 11.0 Å². The van der Waals surface area contributed by atoms with Crippen LogP contribution in [-0.4, -0.2) is 5.91 Å². The van der Waals surface area contributed by atoms with Gasteiger partial charge in [0.15, 0.2) is 0 Å². The second kappa shape index (κ2) is 6.09. The Balaban J connectivity index is 1.80. The predicted octanol–water partition coefficient (Wildman–Crippen LogP) is 5.19. The summed E-state index contributed by atoms with van der Waals surface area (Å²) in [6.07, 6.45) is 1.87. The lowest BCUT2D eigenvalue weighted by molar-refractivity contribution is -0.115. The van der Waals surface area contributed by atoms with E-state index in [1.165, 1.54) is 5.56 Å². The number of hydrogen-bond acceptors (Lipinski definition) is 2. The van der Waals surface area contributed by atoms with Crippen LogP contribution in [0.5, 0.6) is 0 Å². The van der Waals surface area contributed by atoms with E-state index in [-0.39, 0.29) is 12.3 Å². The summed E-state index contributed by atoms with van der Waals surface area (Å²) in [5.41, 5.74) is 5.70. The van der Waals surface area contributed by atoms with Gasteiger partial charge in [0.05, 0.1) is 12.7 Å². The molecule has 0 saturated carbocycles. The lowest BCUT2D eigenvalue weighted by atomic mass is 10.1. The van der Waals surface area contributed by atoms with Crippen molar-refractivity contribution in [3.63, 3.8) is 0 Å². The molecule has 1 aromatic heterocycles. The van der Waals surface area contributed by atoms with Crippen LogP contribution in [0.2, 0.25) is 5.02 Å². The summed E-state index contributed by atoms with van der Waals surface area (Å²) in [4.78, 5) is 12.3. The molecule has 0 aliphatic rings. The zero-order valence-corrected chi connectivity index (χ0v) is 14.1. The maximum Gasteiger partial charge on any atom is 0.228 e. The fourth-order valence-corrected chi connectivity index (χ4v) is 2.70. The molecular formula is C19H18ClNO2. The molecule has 1 amide bonds. The molecular weight excluding hydrogens is 310 g/mol. The molecule has 1 N–H and O–H groups in total. The number of hydrogen-bond donors (Lipinski definition) is 1. The fraction of sp³-hybridized carbons (Fsp3) is 0.211. The first kappa shape index (κ1) is 15.6.